The number of hydrogen-bond acceptors (Lipinski definition) is 4. The van der Waals surface area contributed by atoms with Gasteiger partial charge in [-0.25, -0.2) is 4.68 Å². The molecule has 110 valence electrons. The van der Waals surface area contributed by atoms with Crippen LogP contribution in [0.5, 0.6) is 11.6 Å². The maximum absolute atomic E-state index is 12.3. The first-order chi connectivity index (χ1) is 10.3. The van der Waals surface area contributed by atoms with Crippen LogP contribution in [0.1, 0.15) is 22.3 Å². The van der Waals surface area contributed by atoms with E-state index >= 15 is 0 Å². The summed E-state index contributed by atoms with van der Waals surface area (Å²) < 4.78 is 12.5. The standard InChI is InChI=1S/C15H17N3O3/c1-20-13-6-3-2-5-11(13)9-16-14(19)12-10-17-18-7-4-8-21-15(12)18/h2-3,5-6,10H,4,7-9H2,1H3,(H,16,19). The van der Waals surface area contributed by atoms with E-state index in [2.05, 4.69) is 10.4 Å². The predicted octanol–water partition coefficient (Wildman–Crippen LogP) is 1.60. The van der Waals surface area contributed by atoms with E-state index < -0.39 is 0 Å². The summed E-state index contributed by atoms with van der Waals surface area (Å²) in [4.78, 5) is 12.3. The molecule has 6 nitrogen and oxygen atoms in total. The van der Waals surface area contributed by atoms with Crippen LogP contribution in [-0.4, -0.2) is 29.4 Å². The molecule has 21 heavy (non-hydrogen) atoms. The summed E-state index contributed by atoms with van der Waals surface area (Å²) in [6.07, 6.45) is 2.47. The SMILES string of the molecule is COc1ccccc1CNC(=O)c1cnn2c1OCCC2. The molecule has 0 unspecified atom stereocenters. The molecule has 1 aliphatic rings. The van der Waals surface area contributed by atoms with Crippen molar-refractivity contribution in [2.45, 2.75) is 19.5 Å². The smallest absolute Gasteiger partial charge is 0.258 e. The summed E-state index contributed by atoms with van der Waals surface area (Å²) in [7, 11) is 1.61. The zero-order chi connectivity index (χ0) is 14.7. The topological polar surface area (TPSA) is 65.4 Å². The van der Waals surface area contributed by atoms with Crippen LogP contribution in [0.25, 0.3) is 0 Å². The number of rotatable bonds is 4. The summed E-state index contributed by atoms with van der Waals surface area (Å²) in [5.41, 5.74) is 1.40. The van der Waals surface area contributed by atoms with Gasteiger partial charge in [-0.3, -0.25) is 4.79 Å². The number of ether oxygens (including phenoxy) is 2. The Kier molecular flexibility index (Phi) is 3.77. The van der Waals surface area contributed by atoms with Crippen LogP contribution in [0, 0.1) is 0 Å². The van der Waals surface area contributed by atoms with E-state index in [0.717, 1.165) is 24.3 Å². The molecule has 0 radical (unpaired) electrons. The van der Waals surface area contributed by atoms with Crippen molar-refractivity contribution in [2.75, 3.05) is 13.7 Å². The first kappa shape index (κ1) is 13.5. The van der Waals surface area contributed by atoms with Crippen LogP contribution in [0.3, 0.4) is 0 Å². The Morgan fingerprint density at radius 3 is 3.19 bits per heavy atom. The minimum atomic E-state index is -0.191. The normalized spacial score (nSPS) is 13.2. The number of carbonyl (C=O) groups is 1. The first-order valence-electron chi connectivity index (χ1n) is 6.88. The number of methoxy groups -OCH3 is 1. The number of nitrogens with zero attached hydrogens (tertiary/aromatic N) is 2. The molecule has 2 aromatic rings. The predicted molar refractivity (Wildman–Crippen MR) is 76.5 cm³/mol. The number of aromatic nitrogens is 2. The Bertz CT molecular complexity index is 651. The molecule has 3 rings (SSSR count). The molecule has 0 fully saturated rings. The zero-order valence-electron chi connectivity index (χ0n) is 11.8. The van der Waals surface area contributed by atoms with E-state index in [1.54, 1.807) is 18.0 Å². The third-order valence-electron chi connectivity index (χ3n) is 3.42. The Balaban J connectivity index is 1.71. The fourth-order valence-corrected chi connectivity index (χ4v) is 2.34. The van der Waals surface area contributed by atoms with Gasteiger partial charge in [-0.1, -0.05) is 18.2 Å². The Labute approximate surface area is 122 Å². The molecule has 1 amide bonds. The minimum Gasteiger partial charge on any atom is -0.496 e. The van der Waals surface area contributed by atoms with Gasteiger partial charge in [0, 0.05) is 25.1 Å². The van der Waals surface area contributed by atoms with Crippen molar-refractivity contribution in [3.63, 3.8) is 0 Å². The summed E-state index contributed by atoms with van der Waals surface area (Å²) in [6.45, 7) is 1.81. The number of fused-ring (bicyclic) bond motifs is 1. The Morgan fingerprint density at radius 1 is 1.48 bits per heavy atom. The highest BCUT2D eigenvalue weighted by molar-refractivity contribution is 5.96. The number of aryl methyl sites for hydroxylation is 1. The molecule has 1 N–H and O–H groups in total. The second-order valence-electron chi connectivity index (χ2n) is 4.78. The third-order valence-corrected chi connectivity index (χ3v) is 3.42. The van der Waals surface area contributed by atoms with Crippen molar-refractivity contribution in [1.82, 2.24) is 15.1 Å². The Hall–Kier alpha value is -2.50. The summed E-state index contributed by atoms with van der Waals surface area (Å²) in [5.74, 6) is 1.12. The van der Waals surface area contributed by atoms with Crippen LogP contribution in [0.2, 0.25) is 0 Å². The van der Waals surface area contributed by atoms with Crippen molar-refractivity contribution in [1.29, 1.82) is 0 Å². The summed E-state index contributed by atoms with van der Waals surface area (Å²) in [6, 6.07) is 7.59. The van der Waals surface area contributed by atoms with E-state index in [1.165, 1.54) is 0 Å². The molecule has 0 bridgehead atoms. The molecule has 0 aliphatic carbocycles. The second kappa shape index (κ2) is 5.87. The third kappa shape index (κ3) is 2.69. The minimum absolute atomic E-state index is 0.191. The highest BCUT2D eigenvalue weighted by Gasteiger charge is 2.21. The van der Waals surface area contributed by atoms with E-state index in [9.17, 15) is 4.79 Å². The van der Waals surface area contributed by atoms with Gasteiger partial charge in [-0.2, -0.15) is 5.10 Å². The largest absolute Gasteiger partial charge is 0.496 e. The fraction of sp³-hybridized carbons (Fsp3) is 0.333. The van der Waals surface area contributed by atoms with Gasteiger partial charge in [0.1, 0.15) is 11.3 Å². The molecule has 0 saturated heterocycles. The lowest BCUT2D eigenvalue weighted by molar-refractivity contribution is 0.0944. The van der Waals surface area contributed by atoms with Gasteiger partial charge in [-0.15, -0.1) is 0 Å². The quantitative estimate of drug-likeness (QED) is 0.927. The number of carbonyl (C=O) groups excluding carboxylic acids is 1. The van der Waals surface area contributed by atoms with Crippen LogP contribution in [-0.2, 0) is 13.1 Å². The van der Waals surface area contributed by atoms with Crippen LogP contribution >= 0.6 is 0 Å². The van der Waals surface area contributed by atoms with E-state index in [0.29, 0.717) is 24.6 Å². The molecule has 0 atom stereocenters. The van der Waals surface area contributed by atoms with Crippen LogP contribution < -0.4 is 14.8 Å². The van der Waals surface area contributed by atoms with Gasteiger partial charge in [0.15, 0.2) is 0 Å². The number of benzene rings is 1. The molecule has 0 saturated carbocycles. The number of hydrogen-bond donors (Lipinski definition) is 1. The molecule has 0 spiro atoms. The van der Waals surface area contributed by atoms with Crippen molar-refractivity contribution in [2.24, 2.45) is 0 Å². The average Bonchev–Trinajstić information content (AvgIpc) is 2.97. The van der Waals surface area contributed by atoms with Crippen molar-refractivity contribution in [3.8, 4) is 11.6 Å². The zero-order valence-corrected chi connectivity index (χ0v) is 11.8. The van der Waals surface area contributed by atoms with Crippen LogP contribution in [0.4, 0.5) is 0 Å². The van der Waals surface area contributed by atoms with Crippen molar-refractivity contribution in [3.05, 3.63) is 41.6 Å². The monoisotopic (exact) mass is 287 g/mol. The maximum atomic E-state index is 12.3. The summed E-state index contributed by atoms with van der Waals surface area (Å²) >= 11 is 0. The number of amides is 1. The average molecular weight is 287 g/mol. The highest BCUT2D eigenvalue weighted by Crippen LogP contribution is 2.22. The fourth-order valence-electron chi connectivity index (χ4n) is 2.34. The number of para-hydroxylation sites is 1. The van der Waals surface area contributed by atoms with Gasteiger partial charge in [0.2, 0.25) is 5.88 Å². The van der Waals surface area contributed by atoms with E-state index in [1.807, 2.05) is 24.3 Å². The van der Waals surface area contributed by atoms with E-state index in [-0.39, 0.29) is 5.91 Å². The molecule has 6 heteroatoms. The van der Waals surface area contributed by atoms with Gasteiger partial charge in [-0.05, 0) is 6.07 Å². The number of nitrogens with one attached hydrogen (secondary N) is 1. The molecule has 1 aromatic heterocycles. The lowest BCUT2D eigenvalue weighted by atomic mass is 10.2. The molecule has 1 aromatic carbocycles. The van der Waals surface area contributed by atoms with Gasteiger partial charge in [0.25, 0.3) is 5.91 Å². The lowest BCUT2D eigenvalue weighted by Crippen LogP contribution is -2.24. The van der Waals surface area contributed by atoms with Crippen molar-refractivity contribution < 1.29 is 14.3 Å². The Morgan fingerprint density at radius 2 is 2.33 bits per heavy atom. The molecular formula is C15H17N3O3. The van der Waals surface area contributed by atoms with Crippen molar-refractivity contribution >= 4 is 5.91 Å². The second-order valence-corrected chi connectivity index (χ2v) is 4.78. The molecule has 1 aliphatic heterocycles. The van der Waals surface area contributed by atoms with Gasteiger partial charge in [0.05, 0.1) is 19.9 Å². The summed E-state index contributed by atoms with van der Waals surface area (Å²) in [5, 5.41) is 7.05. The van der Waals surface area contributed by atoms with Crippen LogP contribution in [0.15, 0.2) is 30.5 Å². The van der Waals surface area contributed by atoms with Gasteiger partial charge < -0.3 is 14.8 Å². The lowest BCUT2D eigenvalue weighted by Gasteiger charge is -2.16. The maximum Gasteiger partial charge on any atom is 0.258 e. The van der Waals surface area contributed by atoms with E-state index in [4.69, 9.17) is 9.47 Å². The highest BCUT2D eigenvalue weighted by atomic mass is 16.5. The molecular weight excluding hydrogens is 270 g/mol. The molecule has 2 heterocycles. The first-order valence-corrected chi connectivity index (χ1v) is 6.88. The van der Waals surface area contributed by atoms with Gasteiger partial charge >= 0.3 is 0 Å².